The van der Waals surface area contributed by atoms with Crippen molar-refractivity contribution in [2.75, 3.05) is 12.3 Å². The predicted molar refractivity (Wildman–Crippen MR) is 66.0 cm³/mol. The van der Waals surface area contributed by atoms with Gasteiger partial charge in [-0.15, -0.1) is 0 Å². The molecule has 3 rings (SSSR count). The van der Waals surface area contributed by atoms with Gasteiger partial charge in [-0.3, -0.25) is 9.78 Å². The number of anilines is 1. The van der Waals surface area contributed by atoms with Crippen molar-refractivity contribution in [3.8, 4) is 0 Å². The summed E-state index contributed by atoms with van der Waals surface area (Å²) in [6, 6.07) is 0.147. The summed E-state index contributed by atoms with van der Waals surface area (Å²) >= 11 is 0. The first-order valence-corrected chi connectivity index (χ1v) is 6.04. The van der Waals surface area contributed by atoms with E-state index in [2.05, 4.69) is 15.0 Å². The third kappa shape index (κ3) is 1.59. The fourth-order valence-electron chi connectivity index (χ4n) is 2.78. The molecule has 7 heteroatoms. The molecule has 1 saturated carbocycles. The Kier molecular flexibility index (Phi) is 2.55. The normalized spacial score (nSPS) is 23.8. The summed E-state index contributed by atoms with van der Waals surface area (Å²) in [5.41, 5.74) is 6.04. The molecular formula is C11H15N5O2. The van der Waals surface area contributed by atoms with E-state index < -0.39 is 0 Å². The Bertz CT molecular complexity index is 632. The maximum absolute atomic E-state index is 11.7. The molecule has 4 N–H and O–H groups in total. The van der Waals surface area contributed by atoms with Gasteiger partial charge in [-0.05, 0) is 12.8 Å². The van der Waals surface area contributed by atoms with Gasteiger partial charge < -0.3 is 15.4 Å². The second-order valence-electron chi connectivity index (χ2n) is 4.72. The second kappa shape index (κ2) is 4.09. The number of aliphatic hydroxyl groups is 1. The number of fused-ring (bicyclic) bond motifs is 1. The molecule has 2 heterocycles. The molecule has 0 amide bonds. The van der Waals surface area contributed by atoms with Gasteiger partial charge in [0.15, 0.2) is 11.2 Å². The molecule has 0 unspecified atom stereocenters. The van der Waals surface area contributed by atoms with Crippen LogP contribution in [0.2, 0.25) is 0 Å². The first-order chi connectivity index (χ1) is 8.70. The zero-order chi connectivity index (χ0) is 12.7. The van der Waals surface area contributed by atoms with Crippen LogP contribution in [0.4, 0.5) is 5.95 Å². The number of H-pyrrole nitrogens is 1. The van der Waals surface area contributed by atoms with Crippen LogP contribution in [0.25, 0.3) is 11.2 Å². The molecule has 0 bridgehead atoms. The van der Waals surface area contributed by atoms with Crippen molar-refractivity contribution >= 4 is 17.1 Å². The number of rotatable bonds is 2. The third-order valence-corrected chi connectivity index (χ3v) is 3.66. The molecule has 18 heavy (non-hydrogen) atoms. The highest BCUT2D eigenvalue weighted by Gasteiger charge is 2.29. The van der Waals surface area contributed by atoms with Crippen molar-refractivity contribution in [2.24, 2.45) is 5.92 Å². The number of nitrogens with two attached hydrogens (primary N) is 1. The number of hydrogen-bond acceptors (Lipinski definition) is 5. The summed E-state index contributed by atoms with van der Waals surface area (Å²) in [7, 11) is 0. The van der Waals surface area contributed by atoms with E-state index in [4.69, 9.17) is 5.73 Å². The highest BCUT2D eigenvalue weighted by atomic mass is 16.3. The number of nitrogens with one attached hydrogen (secondary N) is 1. The Labute approximate surface area is 103 Å². The van der Waals surface area contributed by atoms with Gasteiger partial charge in [-0.1, -0.05) is 6.42 Å². The second-order valence-corrected chi connectivity index (χ2v) is 4.72. The van der Waals surface area contributed by atoms with Crippen LogP contribution in [0.1, 0.15) is 25.3 Å². The van der Waals surface area contributed by atoms with Crippen molar-refractivity contribution in [3.63, 3.8) is 0 Å². The smallest absolute Gasteiger partial charge is 0.280 e. The van der Waals surface area contributed by atoms with Crippen LogP contribution in [0, 0.1) is 5.92 Å². The third-order valence-electron chi connectivity index (χ3n) is 3.66. The lowest BCUT2D eigenvalue weighted by Crippen LogP contribution is -2.18. The van der Waals surface area contributed by atoms with Crippen molar-refractivity contribution in [2.45, 2.75) is 25.3 Å². The molecule has 2 aromatic rings. The van der Waals surface area contributed by atoms with Crippen molar-refractivity contribution in [1.29, 1.82) is 0 Å². The number of imidazole rings is 1. The van der Waals surface area contributed by atoms with Gasteiger partial charge in [0.2, 0.25) is 5.95 Å². The van der Waals surface area contributed by atoms with Gasteiger partial charge in [0.25, 0.3) is 5.56 Å². The molecule has 1 aliphatic rings. The first-order valence-electron chi connectivity index (χ1n) is 6.04. The standard InChI is InChI=1S/C11H15N5O2/c12-11-14-9-8(10(18)15-11)13-5-16(9)7-3-1-2-6(7)4-17/h5-7,17H,1-4H2,(H3,12,14,15,18)/t6-,7-/m1/s1. The summed E-state index contributed by atoms with van der Waals surface area (Å²) in [6.45, 7) is 0.142. The number of aromatic amines is 1. The van der Waals surface area contributed by atoms with Crippen LogP contribution in [0.3, 0.4) is 0 Å². The summed E-state index contributed by atoms with van der Waals surface area (Å²) in [4.78, 5) is 22.3. The fraction of sp³-hybridized carbons (Fsp3) is 0.545. The molecule has 0 radical (unpaired) electrons. The lowest BCUT2D eigenvalue weighted by Gasteiger charge is -2.19. The molecule has 2 aromatic heterocycles. The molecule has 7 nitrogen and oxygen atoms in total. The molecule has 0 saturated heterocycles. The van der Waals surface area contributed by atoms with Crippen molar-refractivity contribution < 1.29 is 5.11 Å². The number of nitrogen functional groups attached to an aromatic ring is 1. The number of hydrogen-bond donors (Lipinski definition) is 3. The Morgan fingerprint density at radius 1 is 1.56 bits per heavy atom. The van der Waals surface area contributed by atoms with Gasteiger partial charge in [0, 0.05) is 18.6 Å². The largest absolute Gasteiger partial charge is 0.396 e. The van der Waals surface area contributed by atoms with E-state index in [1.807, 2.05) is 4.57 Å². The van der Waals surface area contributed by atoms with E-state index in [0.29, 0.717) is 11.2 Å². The highest BCUT2D eigenvalue weighted by Crippen LogP contribution is 2.36. The van der Waals surface area contributed by atoms with Crippen LogP contribution < -0.4 is 11.3 Å². The summed E-state index contributed by atoms with van der Waals surface area (Å²) in [5, 5.41) is 9.37. The minimum atomic E-state index is -0.324. The predicted octanol–water partition coefficient (Wildman–Crippen LogP) is 0.0353. The Hall–Kier alpha value is -1.89. The Morgan fingerprint density at radius 2 is 2.39 bits per heavy atom. The monoisotopic (exact) mass is 249 g/mol. The maximum atomic E-state index is 11.7. The molecule has 2 atom stereocenters. The van der Waals surface area contributed by atoms with Crippen LogP contribution in [0.5, 0.6) is 0 Å². The Morgan fingerprint density at radius 3 is 3.17 bits per heavy atom. The number of aliphatic hydroxyl groups excluding tert-OH is 1. The molecule has 1 aliphatic carbocycles. The molecule has 96 valence electrons. The van der Waals surface area contributed by atoms with E-state index in [-0.39, 0.29) is 30.1 Å². The van der Waals surface area contributed by atoms with E-state index in [1.54, 1.807) is 6.33 Å². The van der Waals surface area contributed by atoms with E-state index >= 15 is 0 Å². The van der Waals surface area contributed by atoms with Crippen LogP contribution >= 0.6 is 0 Å². The van der Waals surface area contributed by atoms with Gasteiger partial charge in [-0.25, -0.2) is 4.98 Å². The molecule has 0 spiro atoms. The molecule has 0 aliphatic heterocycles. The minimum absolute atomic E-state index is 0.0906. The van der Waals surface area contributed by atoms with Crippen molar-refractivity contribution in [1.82, 2.24) is 19.5 Å². The van der Waals surface area contributed by atoms with Gasteiger partial charge in [0.1, 0.15) is 0 Å². The van der Waals surface area contributed by atoms with Gasteiger partial charge in [0.05, 0.1) is 6.33 Å². The van der Waals surface area contributed by atoms with Crippen LogP contribution in [-0.2, 0) is 0 Å². The minimum Gasteiger partial charge on any atom is -0.396 e. The van der Waals surface area contributed by atoms with Crippen LogP contribution in [0.15, 0.2) is 11.1 Å². The maximum Gasteiger partial charge on any atom is 0.280 e. The zero-order valence-corrected chi connectivity index (χ0v) is 9.83. The summed E-state index contributed by atoms with van der Waals surface area (Å²) < 4.78 is 1.87. The first kappa shape index (κ1) is 11.2. The summed E-state index contributed by atoms with van der Waals surface area (Å²) in [5.74, 6) is 0.289. The average Bonchev–Trinajstić information content (AvgIpc) is 2.93. The van der Waals surface area contributed by atoms with E-state index in [1.165, 1.54) is 0 Å². The fourth-order valence-corrected chi connectivity index (χ4v) is 2.78. The topological polar surface area (TPSA) is 110 Å². The SMILES string of the molecule is Nc1nc2c(ncn2[C@@H]2CCC[C@@H]2CO)c(=O)[nH]1. The molecular weight excluding hydrogens is 234 g/mol. The quantitative estimate of drug-likeness (QED) is 0.695. The Balaban J connectivity index is 2.15. The number of aromatic nitrogens is 4. The van der Waals surface area contributed by atoms with E-state index in [0.717, 1.165) is 19.3 Å². The van der Waals surface area contributed by atoms with Crippen LogP contribution in [-0.4, -0.2) is 31.2 Å². The zero-order valence-electron chi connectivity index (χ0n) is 9.83. The number of nitrogens with zero attached hydrogens (tertiary/aromatic N) is 3. The van der Waals surface area contributed by atoms with E-state index in [9.17, 15) is 9.90 Å². The lowest BCUT2D eigenvalue weighted by atomic mass is 10.1. The van der Waals surface area contributed by atoms with Crippen molar-refractivity contribution in [3.05, 3.63) is 16.7 Å². The lowest BCUT2D eigenvalue weighted by molar-refractivity contribution is 0.197. The molecule has 0 aromatic carbocycles. The van der Waals surface area contributed by atoms with Gasteiger partial charge >= 0.3 is 0 Å². The average molecular weight is 249 g/mol. The summed E-state index contributed by atoms with van der Waals surface area (Å²) in [6.07, 6.45) is 4.63. The molecule has 1 fully saturated rings. The highest BCUT2D eigenvalue weighted by molar-refractivity contribution is 5.70. The van der Waals surface area contributed by atoms with Gasteiger partial charge in [-0.2, -0.15) is 4.98 Å².